The lowest BCUT2D eigenvalue weighted by molar-refractivity contribution is -0.140. The Labute approximate surface area is 125 Å². The summed E-state index contributed by atoms with van der Waals surface area (Å²) in [6, 6.07) is 8.21. The van der Waals surface area contributed by atoms with Crippen LogP contribution in [0.25, 0.3) is 0 Å². The lowest BCUT2D eigenvalue weighted by Gasteiger charge is -2.44. The zero-order valence-electron chi connectivity index (χ0n) is 12.4. The van der Waals surface area contributed by atoms with Crippen LogP contribution in [0, 0.1) is 12.8 Å². The number of aryl methyl sites for hydroxylation is 1. The summed E-state index contributed by atoms with van der Waals surface area (Å²) < 4.78 is 0. The number of imide groups is 1. The molecular formula is C17H22N2O2. The van der Waals surface area contributed by atoms with Crippen LogP contribution in [0.4, 0.5) is 0 Å². The highest BCUT2D eigenvalue weighted by atomic mass is 16.2. The molecule has 2 aliphatic rings. The fourth-order valence-corrected chi connectivity index (χ4v) is 3.86. The molecule has 2 N–H and O–H groups in total. The highest BCUT2D eigenvalue weighted by Crippen LogP contribution is 2.43. The quantitative estimate of drug-likeness (QED) is 0.813. The minimum atomic E-state index is -0.540. The van der Waals surface area contributed by atoms with Gasteiger partial charge in [0.05, 0.1) is 5.41 Å². The molecule has 3 rings (SSSR count). The first-order chi connectivity index (χ1) is 10.1. The fourth-order valence-electron chi connectivity index (χ4n) is 3.86. The van der Waals surface area contributed by atoms with E-state index in [9.17, 15) is 9.59 Å². The Hall–Kier alpha value is -1.68. The molecule has 21 heavy (non-hydrogen) atoms. The van der Waals surface area contributed by atoms with Gasteiger partial charge in [-0.1, -0.05) is 29.8 Å². The van der Waals surface area contributed by atoms with Gasteiger partial charge in [-0.25, -0.2) is 0 Å². The number of piperidine rings is 2. The molecule has 1 aromatic rings. The van der Waals surface area contributed by atoms with Crippen molar-refractivity contribution in [3.05, 3.63) is 35.4 Å². The van der Waals surface area contributed by atoms with Crippen molar-refractivity contribution in [2.45, 2.75) is 38.0 Å². The van der Waals surface area contributed by atoms with Crippen molar-refractivity contribution in [3.63, 3.8) is 0 Å². The van der Waals surface area contributed by atoms with Crippen LogP contribution in [0.5, 0.6) is 0 Å². The molecule has 1 atom stereocenters. The van der Waals surface area contributed by atoms with Crippen LogP contribution < -0.4 is 10.6 Å². The van der Waals surface area contributed by atoms with E-state index in [1.807, 2.05) is 25.1 Å². The summed E-state index contributed by atoms with van der Waals surface area (Å²) in [5.41, 5.74) is 1.69. The molecule has 4 nitrogen and oxygen atoms in total. The van der Waals surface area contributed by atoms with Crippen LogP contribution in [0.2, 0.25) is 0 Å². The van der Waals surface area contributed by atoms with E-state index in [1.165, 1.54) is 0 Å². The van der Waals surface area contributed by atoms with Crippen LogP contribution in [-0.2, 0) is 15.0 Å². The summed E-state index contributed by atoms with van der Waals surface area (Å²) in [6.45, 7) is 3.93. The molecule has 0 spiro atoms. The summed E-state index contributed by atoms with van der Waals surface area (Å²) in [5.74, 6) is 0.0575. The van der Waals surface area contributed by atoms with Crippen LogP contribution in [0.3, 0.4) is 0 Å². The molecule has 0 aromatic heterocycles. The van der Waals surface area contributed by atoms with Gasteiger partial charge < -0.3 is 5.32 Å². The number of carbonyl (C=O) groups excluding carboxylic acids is 2. The molecular weight excluding hydrogens is 264 g/mol. The summed E-state index contributed by atoms with van der Waals surface area (Å²) in [7, 11) is 0. The van der Waals surface area contributed by atoms with Crippen LogP contribution >= 0.6 is 0 Å². The predicted octanol–water partition coefficient (Wildman–Crippen LogP) is 1.67. The Bertz CT molecular complexity index is 564. The van der Waals surface area contributed by atoms with Gasteiger partial charge in [0.1, 0.15) is 0 Å². The first-order valence-corrected chi connectivity index (χ1v) is 7.75. The number of benzene rings is 1. The third-order valence-electron chi connectivity index (χ3n) is 4.97. The Morgan fingerprint density at radius 2 is 1.95 bits per heavy atom. The van der Waals surface area contributed by atoms with E-state index < -0.39 is 5.41 Å². The number of rotatable bonds is 2. The van der Waals surface area contributed by atoms with Gasteiger partial charge in [-0.2, -0.15) is 0 Å². The minimum absolute atomic E-state index is 0.101. The van der Waals surface area contributed by atoms with Crippen molar-refractivity contribution in [1.82, 2.24) is 10.6 Å². The van der Waals surface area contributed by atoms with E-state index in [1.54, 1.807) is 0 Å². The number of amides is 2. The molecule has 2 aliphatic heterocycles. The van der Waals surface area contributed by atoms with Crippen molar-refractivity contribution in [1.29, 1.82) is 0 Å². The first-order valence-electron chi connectivity index (χ1n) is 7.75. The zero-order chi connectivity index (χ0) is 14.9. The average Bonchev–Trinajstić information content (AvgIpc) is 2.49. The smallest absolute Gasteiger partial charge is 0.237 e. The lowest BCUT2D eigenvalue weighted by Crippen LogP contribution is -2.57. The second kappa shape index (κ2) is 5.60. The molecule has 2 fully saturated rings. The van der Waals surface area contributed by atoms with E-state index in [-0.39, 0.29) is 11.8 Å². The predicted molar refractivity (Wildman–Crippen MR) is 80.8 cm³/mol. The van der Waals surface area contributed by atoms with Crippen LogP contribution in [-0.4, -0.2) is 24.9 Å². The molecule has 0 bridgehead atoms. The van der Waals surface area contributed by atoms with Gasteiger partial charge in [0.25, 0.3) is 0 Å². The van der Waals surface area contributed by atoms with E-state index in [0.717, 1.165) is 37.1 Å². The largest absolute Gasteiger partial charge is 0.317 e. The van der Waals surface area contributed by atoms with E-state index in [2.05, 4.69) is 16.7 Å². The molecule has 2 amide bonds. The summed E-state index contributed by atoms with van der Waals surface area (Å²) in [5, 5.41) is 5.95. The monoisotopic (exact) mass is 286 g/mol. The Morgan fingerprint density at radius 1 is 1.19 bits per heavy atom. The van der Waals surface area contributed by atoms with Crippen molar-refractivity contribution in [2.24, 2.45) is 5.92 Å². The van der Waals surface area contributed by atoms with Crippen molar-refractivity contribution in [2.75, 3.05) is 13.1 Å². The van der Waals surface area contributed by atoms with Gasteiger partial charge in [-0.3, -0.25) is 14.9 Å². The molecule has 0 saturated carbocycles. The van der Waals surface area contributed by atoms with Crippen LogP contribution in [0.15, 0.2) is 24.3 Å². The molecule has 2 heterocycles. The van der Waals surface area contributed by atoms with Gasteiger partial charge in [0, 0.05) is 6.42 Å². The zero-order valence-corrected chi connectivity index (χ0v) is 12.4. The standard InChI is InChI=1S/C17H22N2O2/c1-12-3-2-4-14(11-12)17(13-6-9-18-10-7-13)8-5-15(20)19-16(17)21/h2-4,11,13,18H,5-10H2,1H3,(H,19,20,21)/t17-/m1/s1. The third-order valence-corrected chi connectivity index (χ3v) is 4.97. The normalized spacial score (nSPS) is 27.5. The summed E-state index contributed by atoms with van der Waals surface area (Å²) in [6.07, 6.45) is 3.03. The number of hydrogen-bond donors (Lipinski definition) is 2. The van der Waals surface area contributed by atoms with Crippen molar-refractivity contribution < 1.29 is 9.59 Å². The Balaban J connectivity index is 2.05. The summed E-state index contributed by atoms with van der Waals surface area (Å²) >= 11 is 0. The highest BCUT2D eigenvalue weighted by Gasteiger charge is 2.49. The van der Waals surface area contributed by atoms with Gasteiger partial charge in [-0.15, -0.1) is 0 Å². The van der Waals surface area contributed by atoms with E-state index in [0.29, 0.717) is 18.8 Å². The van der Waals surface area contributed by atoms with Gasteiger partial charge in [0.2, 0.25) is 11.8 Å². The molecule has 112 valence electrons. The maximum absolute atomic E-state index is 12.8. The van der Waals surface area contributed by atoms with E-state index >= 15 is 0 Å². The molecule has 0 aliphatic carbocycles. The molecule has 2 saturated heterocycles. The SMILES string of the molecule is Cc1cccc([C@]2(C3CCNCC3)CCC(=O)NC2=O)c1. The number of carbonyl (C=O) groups is 2. The summed E-state index contributed by atoms with van der Waals surface area (Å²) in [4.78, 5) is 24.4. The lowest BCUT2D eigenvalue weighted by atomic mass is 9.62. The number of hydrogen-bond acceptors (Lipinski definition) is 3. The average molecular weight is 286 g/mol. The van der Waals surface area contributed by atoms with Crippen LogP contribution in [0.1, 0.15) is 36.8 Å². The second-order valence-corrected chi connectivity index (χ2v) is 6.24. The molecule has 4 heteroatoms. The molecule has 1 aromatic carbocycles. The topological polar surface area (TPSA) is 58.2 Å². The van der Waals surface area contributed by atoms with Crippen molar-refractivity contribution in [3.8, 4) is 0 Å². The Kier molecular flexibility index (Phi) is 3.81. The third kappa shape index (κ3) is 2.48. The minimum Gasteiger partial charge on any atom is -0.317 e. The fraction of sp³-hybridized carbons (Fsp3) is 0.529. The maximum Gasteiger partial charge on any atom is 0.237 e. The Morgan fingerprint density at radius 3 is 2.62 bits per heavy atom. The van der Waals surface area contributed by atoms with E-state index in [4.69, 9.17) is 0 Å². The van der Waals surface area contributed by atoms with Crippen molar-refractivity contribution >= 4 is 11.8 Å². The highest BCUT2D eigenvalue weighted by molar-refractivity contribution is 6.03. The second-order valence-electron chi connectivity index (χ2n) is 6.24. The maximum atomic E-state index is 12.8. The first kappa shape index (κ1) is 14.3. The van der Waals surface area contributed by atoms with Gasteiger partial charge in [0.15, 0.2) is 0 Å². The van der Waals surface area contributed by atoms with Gasteiger partial charge >= 0.3 is 0 Å². The molecule has 0 unspecified atom stereocenters. The van der Waals surface area contributed by atoms with Gasteiger partial charge in [-0.05, 0) is 50.8 Å². The number of nitrogens with one attached hydrogen (secondary N) is 2. The molecule has 0 radical (unpaired) electrons.